The molecule has 0 unspecified atom stereocenters. The van der Waals surface area contributed by atoms with Crippen LogP contribution in [0, 0.1) is 0 Å². The number of nitrogen functional groups attached to an aromatic ring is 2. The first kappa shape index (κ1) is 20.9. The molecule has 0 aromatic heterocycles. The molecule has 0 aliphatic heterocycles. The van der Waals surface area contributed by atoms with Crippen LogP contribution in [-0.4, -0.2) is 24.5 Å². The molecule has 152 valence electrons. The van der Waals surface area contributed by atoms with Crippen molar-refractivity contribution < 1.29 is 0 Å². The van der Waals surface area contributed by atoms with Crippen molar-refractivity contribution in [2.24, 2.45) is 0 Å². The third kappa shape index (κ3) is 6.10. The Balaban J connectivity index is 1.67. The van der Waals surface area contributed by atoms with E-state index in [4.69, 9.17) is 11.5 Å². The molecule has 0 radical (unpaired) electrons. The van der Waals surface area contributed by atoms with Gasteiger partial charge in [0.2, 0.25) is 0 Å². The van der Waals surface area contributed by atoms with E-state index in [0.29, 0.717) is 17.3 Å². The van der Waals surface area contributed by atoms with Crippen molar-refractivity contribution in [2.75, 3.05) is 31.1 Å². The van der Waals surface area contributed by atoms with Gasteiger partial charge in [-0.1, -0.05) is 73.7 Å². The first-order chi connectivity index (χ1) is 14.2. The second-order valence-corrected chi connectivity index (χ2v) is 7.72. The molecule has 0 bridgehead atoms. The highest BCUT2D eigenvalue weighted by molar-refractivity contribution is 5.63. The van der Waals surface area contributed by atoms with Gasteiger partial charge in [-0.25, -0.2) is 0 Å². The van der Waals surface area contributed by atoms with Gasteiger partial charge in [0.15, 0.2) is 0 Å². The molecule has 0 heterocycles. The first-order valence-corrected chi connectivity index (χ1v) is 10.6. The van der Waals surface area contributed by atoms with Gasteiger partial charge in [0.05, 0.1) is 11.4 Å². The van der Waals surface area contributed by atoms with Crippen molar-refractivity contribution in [3.8, 4) is 0 Å². The average Bonchev–Trinajstić information content (AvgIpc) is 2.76. The first-order valence-electron chi connectivity index (χ1n) is 10.6. The quantitative estimate of drug-likeness (QED) is 0.462. The number of nitrogens with zero attached hydrogens (tertiary/aromatic N) is 1. The van der Waals surface area contributed by atoms with Gasteiger partial charge in [-0.15, -0.1) is 0 Å². The number of nitrogens with two attached hydrogens (primary N) is 2. The summed E-state index contributed by atoms with van der Waals surface area (Å²) in [5.74, 6) is 0.420. The van der Waals surface area contributed by atoms with Crippen molar-refractivity contribution in [3.05, 3.63) is 95.6 Å². The van der Waals surface area contributed by atoms with Crippen LogP contribution in [0.1, 0.15) is 42.4 Å². The van der Waals surface area contributed by atoms with Gasteiger partial charge in [-0.3, -0.25) is 0 Å². The number of rotatable bonds is 10. The van der Waals surface area contributed by atoms with Crippen LogP contribution in [0.3, 0.4) is 0 Å². The van der Waals surface area contributed by atoms with Crippen molar-refractivity contribution in [3.63, 3.8) is 0 Å². The molecule has 3 heteroatoms. The molecule has 0 spiro atoms. The largest absolute Gasteiger partial charge is 0.397 e. The van der Waals surface area contributed by atoms with Crippen LogP contribution in [0.4, 0.5) is 11.4 Å². The number of benzene rings is 3. The summed E-state index contributed by atoms with van der Waals surface area (Å²) in [6, 6.07) is 27.7. The monoisotopic (exact) mass is 387 g/mol. The maximum atomic E-state index is 5.97. The summed E-state index contributed by atoms with van der Waals surface area (Å²) >= 11 is 0. The van der Waals surface area contributed by atoms with Crippen molar-refractivity contribution in [1.29, 1.82) is 0 Å². The van der Waals surface area contributed by atoms with Crippen LogP contribution in [0.2, 0.25) is 0 Å². The summed E-state index contributed by atoms with van der Waals surface area (Å²) in [7, 11) is 0. The van der Waals surface area contributed by atoms with E-state index in [1.54, 1.807) is 0 Å². The number of hydrogen-bond donors (Lipinski definition) is 2. The Hall–Kier alpha value is -2.78. The van der Waals surface area contributed by atoms with E-state index in [1.165, 1.54) is 16.7 Å². The molecule has 0 fully saturated rings. The molecule has 0 saturated heterocycles. The summed E-state index contributed by atoms with van der Waals surface area (Å²) in [4.78, 5) is 2.57. The third-order valence-electron chi connectivity index (χ3n) is 5.55. The van der Waals surface area contributed by atoms with Gasteiger partial charge < -0.3 is 16.4 Å². The molecule has 0 aliphatic rings. The smallest absolute Gasteiger partial charge is 0.0550 e. The summed E-state index contributed by atoms with van der Waals surface area (Å²) in [5, 5.41) is 0. The molecular weight excluding hydrogens is 354 g/mol. The molecule has 0 aliphatic carbocycles. The van der Waals surface area contributed by atoms with E-state index in [1.807, 2.05) is 12.1 Å². The van der Waals surface area contributed by atoms with E-state index >= 15 is 0 Å². The van der Waals surface area contributed by atoms with E-state index in [-0.39, 0.29) is 0 Å². The third-order valence-corrected chi connectivity index (χ3v) is 5.55. The Morgan fingerprint density at radius 3 is 1.90 bits per heavy atom. The van der Waals surface area contributed by atoms with Crippen LogP contribution in [0.5, 0.6) is 0 Å². The minimum Gasteiger partial charge on any atom is -0.397 e. The fourth-order valence-electron chi connectivity index (χ4n) is 3.93. The summed E-state index contributed by atoms with van der Waals surface area (Å²) < 4.78 is 0. The predicted octanol–water partition coefficient (Wildman–Crippen LogP) is 5.33. The molecule has 3 rings (SSSR count). The highest BCUT2D eigenvalue weighted by Gasteiger charge is 2.15. The lowest BCUT2D eigenvalue weighted by Crippen LogP contribution is -2.29. The van der Waals surface area contributed by atoms with Crippen LogP contribution in [0.15, 0.2) is 78.9 Å². The number of anilines is 2. The highest BCUT2D eigenvalue weighted by Crippen LogP contribution is 2.28. The Morgan fingerprint density at radius 1 is 0.724 bits per heavy atom. The van der Waals surface area contributed by atoms with Gasteiger partial charge >= 0.3 is 0 Å². The molecule has 3 aromatic rings. The molecule has 0 saturated carbocycles. The SMILES string of the molecule is CCCN(CCc1ccc(N)c(N)c1)CCC(c1ccccc1)c1ccccc1. The fourth-order valence-corrected chi connectivity index (χ4v) is 3.93. The van der Waals surface area contributed by atoms with Crippen LogP contribution < -0.4 is 11.5 Å². The van der Waals surface area contributed by atoms with Crippen LogP contribution >= 0.6 is 0 Å². The van der Waals surface area contributed by atoms with E-state index in [2.05, 4.69) is 78.6 Å². The van der Waals surface area contributed by atoms with Gasteiger partial charge in [-0.05, 0) is 61.2 Å². The zero-order valence-electron chi connectivity index (χ0n) is 17.4. The van der Waals surface area contributed by atoms with Crippen LogP contribution in [0.25, 0.3) is 0 Å². The molecule has 3 aromatic carbocycles. The lowest BCUT2D eigenvalue weighted by atomic mass is 9.88. The maximum absolute atomic E-state index is 5.97. The fraction of sp³-hybridized carbons (Fsp3) is 0.308. The van der Waals surface area contributed by atoms with E-state index < -0.39 is 0 Å². The number of hydrogen-bond acceptors (Lipinski definition) is 3. The van der Waals surface area contributed by atoms with Gasteiger partial charge in [-0.2, -0.15) is 0 Å². The van der Waals surface area contributed by atoms with E-state index in [9.17, 15) is 0 Å². The van der Waals surface area contributed by atoms with Crippen molar-refractivity contribution >= 4 is 11.4 Å². The molecule has 3 nitrogen and oxygen atoms in total. The zero-order valence-corrected chi connectivity index (χ0v) is 17.4. The normalized spacial score (nSPS) is 11.3. The zero-order chi connectivity index (χ0) is 20.5. The molecule has 29 heavy (non-hydrogen) atoms. The molecular formula is C26H33N3. The topological polar surface area (TPSA) is 55.3 Å². The highest BCUT2D eigenvalue weighted by atomic mass is 15.1. The summed E-state index contributed by atoms with van der Waals surface area (Å²) in [5.41, 5.74) is 17.2. The van der Waals surface area contributed by atoms with Gasteiger partial charge in [0.1, 0.15) is 0 Å². The van der Waals surface area contributed by atoms with Crippen molar-refractivity contribution in [2.45, 2.75) is 32.1 Å². The van der Waals surface area contributed by atoms with Crippen LogP contribution in [-0.2, 0) is 6.42 Å². The minimum atomic E-state index is 0.420. The van der Waals surface area contributed by atoms with Gasteiger partial charge in [0.25, 0.3) is 0 Å². The summed E-state index contributed by atoms with van der Waals surface area (Å²) in [6.45, 7) is 5.47. The van der Waals surface area contributed by atoms with Gasteiger partial charge in [0, 0.05) is 12.5 Å². The second kappa shape index (κ2) is 10.7. The standard InChI is InChI=1S/C26H33N3/c1-2-17-29(18-15-21-13-14-25(27)26(28)20-21)19-16-24(22-9-5-3-6-10-22)23-11-7-4-8-12-23/h3-14,20,24H,2,15-19,27-28H2,1H3. The lowest BCUT2D eigenvalue weighted by Gasteiger charge is -2.25. The maximum Gasteiger partial charge on any atom is 0.0550 e. The van der Waals surface area contributed by atoms with E-state index in [0.717, 1.165) is 38.9 Å². The summed E-state index contributed by atoms with van der Waals surface area (Å²) in [6.07, 6.45) is 3.26. The molecule has 0 atom stereocenters. The minimum absolute atomic E-state index is 0.420. The second-order valence-electron chi connectivity index (χ2n) is 7.72. The van der Waals surface area contributed by atoms with Crippen molar-refractivity contribution in [1.82, 2.24) is 4.90 Å². The lowest BCUT2D eigenvalue weighted by molar-refractivity contribution is 0.270. The Morgan fingerprint density at radius 2 is 1.34 bits per heavy atom. The molecule has 4 N–H and O–H groups in total. The Labute approximate surface area is 175 Å². The Bertz CT molecular complexity index is 822. The predicted molar refractivity (Wildman–Crippen MR) is 125 cm³/mol. The Kier molecular flexibility index (Phi) is 7.71. The average molecular weight is 388 g/mol. The molecule has 0 amide bonds.